The minimum absolute atomic E-state index is 0.128. The van der Waals surface area contributed by atoms with Gasteiger partial charge in [0.1, 0.15) is 0 Å². The molecule has 0 fully saturated rings. The molecule has 2 heteroatoms. The normalized spacial score (nSPS) is 12.7. The molecule has 0 saturated heterocycles. The van der Waals surface area contributed by atoms with Crippen LogP contribution in [-0.4, -0.2) is 9.97 Å². The van der Waals surface area contributed by atoms with Gasteiger partial charge in [0.2, 0.25) is 0 Å². The minimum Gasteiger partial charge on any atom is -0.228 e. The Bertz CT molecular complexity index is 3130. The van der Waals surface area contributed by atoms with Gasteiger partial charge in [0.05, 0.1) is 11.4 Å². The molecule has 9 aromatic carbocycles. The second-order valence-electron chi connectivity index (χ2n) is 16.1. The first-order chi connectivity index (χ1) is 29.0. The van der Waals surface area contributed by atoms with Gasteiger partial charge in [0.25, 0.3) is 0 Å². The maximum atomic E-state index is 5.46. The predicted octanol–water partition coefficient (Wildman–Crippen LogP) is 15.1. The Balaban J connectivity index is 1.14. The molecule has 59 heavy (non-hydrogen) atoms. The van der Waals surface area contributed by atoms with E-state index in [1.807, 2.05) is 0 Å². The van der Waals surface area contributed by atoms with Crippen molar-refractivity contribution in [2.24, 2.45) is 0 Å². The lowest BCUT2D eigenvalue weighted by atomic mass is 9.81. The Hall–Kier alpha value is -7.42. The number of hydrogen-bond acceptors (Lipinski definition) is 2. The van der Waals surface area contributed by atoms with E-state index in [1.165, 1.54) is 49.5 Å². The Morgan fingerprint density at radius 1 is 0.322 bits per heavy atom. The van der Waals surface area contributed by atoms with Gasteiger partial charge < -0.3 is 0 Å². The average molecular weight is 753 g/mol. The van der Waals surface area contributed by atoms with Crippen LogP contribution in [0.1, 0.15) is 25.0 Å². The number of aromatic nitrogens is 2. The summed E-state index contributed by atoms with van der Waals surface area (Å²) in [6, 6.07) is 74.2. The van der Waals surface area contributed by atoms with Gasteiger partial charge in [-0.25, -0.2) is 9.97 Å². The smallest absolute Gasteiger partial charge is 0.161 e. The lowest BCUT2D eigenvalue weighted by Crippen LogP contribution is -2.14. The van der Waals surface area contributed by atoms with E-state index < -0.39 is 0 Å². The highest BCUT2D eigenvalue weighted by molar-refractivity contribution is 6.08. The van der Waals surface area contributed by atoms with Crippen LogP contribution in [0.5, 0.6) is 0 Å². The van der Waals surface area contributed by atoms with Gasteiger partial charge in [0, 0.05) is 22.1 Å². The quantitative estimate of drug-likeness (QED) is 0.169. The third-order valence-electron chi connectivity index (χ3n) is 12.3. The molecular formula is C57H40N2. The fourth-order valence-electron chi connectivity index (χ4n) is 9.42. The molecule has 278 valence electrons. The molecule has 0 atom stereocenters. The molecular weight excluding hydrogens is 713 g/mol. The monoisotopic (exact) mass is 752 g/mol. The Kier molecular flexibility index (Phi) is 8.20. The Morgan fingerprint density at radius 2 is 0.797 bits per heavy atom. The van der Waals surface area contributed by atoms with Gasteiger partial charge in [-0.3, -0.25) is 0 Å². The van der Waals surface area contributed by atoms with E-state index in [2.05, 4.69) is 220 Å². The SMILES string of the molecule is CC1(C)c2cc3ccccc3cc2-c2c(-c3ccc(-c4nc(-c5ccccc5-c5ccccc5)cc(-c5ccccc5-c5ccccc5)n4)c4ccccc34)cccc21. The van der Waals surface area contributed by atoms with Crippen LogP contribution in [0.4, 0.5) is 0 Å². The van der Waals surface area contributed by atoms with E-state index in [0.29, 0.717) is 5.82 Å². The maximum Gasteiger partial charge on any atom is 0.161 e. The van der Waals surface area contributed by atoms with Crippen molar-refractivity contribution in [3.05, 3.63) is 217 Å². The molecule has 2 nitrogen and oxygen atoms in total. The van der Waals surface area contributed by atoms with Crippen molar-refractivity contribution >= 4 is 21.5 Å². The molecule has 1 aliphatic rings. The van der Waals surface area contributed by atoms with Crippen LogP contribution in [0.2, 0.25) is 0 Å². The molecule has 0 amide bonds. The zero-order valence-corrected chi connectivity index (χ0v) is 33.0. The predicted molar refractivity (Wildman–Crippen MR) is 247 cm³/mol. The molecule has 0 radical (unpaired) electrons. The fourth-order valence-corrected chi connectivity index (χ4v) is 9.42. The molecule has 1 aromatic heterocycles. The van der Waals surface area contributed by atoms with Crippen LogP contribution >= 0.6 is 0 Å². The number of fused-ring (bicyclic) bond motifs is 5. The first-order valence-electron chi connectivity index (χ1n) is 20.4. The van der Waals surface area contributed by atoms with E-state index in [4.69, 9.17) is 9.97 Å². The van der Waals surface area contributed by atoms with E-state index >= 15 is 0 Å². The minimum atomic E-state index is -0.128. The van der Waals surface area contributed by atoms with Crippen LogP contribution in [0, 0.1) is 0 Å². The fraction of sp³-hybridized carbons (Fsp3) is 0.0526. The molecule has 0 spiro atoms. The van der Waals surface area contributed by atoms with Gasteiger partial charge >= 0.3 is 0 Å². The summed E-state index contributed by atoms with van der Waals surface area (Å²) in [5.74, 6) is 0.696. The highest BCUT2D eigenvalue weighted by atomic mass is 14.9. The van der Waals surface area contributed by atoms with Crippen LogP contribution in [0.25, 0.3) is 100.0 Å². The molecule has 10 aromatic rings. The van der Waals surface area contributed by atoms with Crippen LogP contribution < -0.4 is 0 Å². The largest absolute Gasteiger partial charge is 0.228 e. The Labute approximate surface area is 345 Å². The van der Waals surface area contributed by atoms with Crippen LogP contribution in [0.15, 0.2) is 206 Å². The molecule has 0 bridgehead atoms. The zero-order valence-electron chi connectivity index (χ0n) is 33.0. The molecule has 0 unspecified atom stereocenters. The van der Waals surface area contributed by atoms with Gasteiger partial charge in [-0.05, 0) is 101 Å². The van der Waals surface area contributed by atoms with Gasteiger partial charge in [-0.1, -0.05) is 196 Å². The third-order valence-corrected chi connectivity index (χ3v) is 12.3. The molecule has 0 saturated carbocycles. The third kappa shape index (κ3) is 5.79. The standard InChI is InChI=1S/C57H40N2/c1-57(2)51-31-17-30-48(55(51)50-34-39-22-9-10-23-40(39)35-52(50)57)45-32-33-49(44-27-14-13-26-43(44)45)56-58-53(46-28-15-11-24-41(46)37-18-5-3-6-19-37)36-54(59-56)47-29-16-12-25-42(47)38-20-7-4-8-21-38/h3-36H,1-2H3. The summed E-state index contributed by atoms with van der Waals surface area (Å²) < 4.78 is 0. The summed E-state index contributed by atoms with van der Waals surface area (Å²) in [4.78, 5) is 10.9. The zero-order chi connectivity index (χ0) is 39.5. The Morgan fingerprint density at radius 3 is 1.41 bits per heavy atom. The van der Waals surface area contributed by atoms with Crippen molar-refractivity contribution in [3.63, 3.8) is 0 Å². The first kappa shape index (κ1) is 34.8. The molecule has 0 aliphatic heterocycles. The summed E-state index contributed by atoms with van der Waals surface area (Å²) in [5, 5.41) is 4.84. The number of nitrogens with zero attached hydrogens (tertiary/aromatic N) is 2. The number of rotatable bonds is 6. The summed E-state index contributed by atoms with van der Waals surface area (Å²) in [7, 11) is 0. The highest BCUT2D eigenvalue weighted by Gasteiger charge is 2.37. The number of benzene rings is 9. The molecule has 0 N–H and O–H groups in total. The summed E-state index contributed by atoms with van der Waals surface area (Å²) in [6.07, 6.45) is 0. The average Bonchev–Trinajstić information content (AvgIpc) is 3.53. The molecule has 11 rings (SSSR count). The first-order valence-corrected chi connectivity index (χ1v) is 20.4. The second-order valence-corrected chi connectivity index (χ2v) is 16.1. The maximum absolute atomic E-state index is 5.46. The summed E-state index contributed by atoms with van der Waals surface area (Å²) in [6.45, 7) is 4.73. The van der Waals surface area contributed by atoms with Gasteiger partial charge in [-0.15, -0.1) is 0 Å². The van der Waals surface area contributed by atoms with Gasteiger partial charge in [0.15, 0.2) is 5.82 Å². The van der Waals surface area contributed by atoms with E-state index in [0.717, 1.165) is 55.7 Å². The van der Waals surface area contributed by atoms with E-state index in [1.54, 1.807) is 0 Å². The van der Waals surface area contributed by atoms with E-state index in [9.17, 15) is 0 Å². The van der Waals surface area contributed by atoms with E-state index in [-0.39, 0.29) is 5.41 Å². The van der Waals surface area contributed by atoms with Crippen LogP contribution in [0.3, 0.4) is 0 Å². The highest BCUT2D eigenvalue weighted by Crippen LogP contribution is 2.54. The molecule has 1 aliphatic carbocycles. The summed E-state index contributed by atoms with van der Waals surface area (Å²) in [5.41, 5.74) is 17.2. The van der Waals surface area contributed by atoms with Gasteiger partial charge in [-0.2, -0.15) is 0 Å². The lowest BCUT2D eigenvalue weighted by Gasteiger charge is -2.22. The number of hydrogen-bond donors (Lipinski definition) is 0. The van der Waals surface area contributed by atoms with Crippen molar-refractivity contribution in [2.75, 3.05) is 0 Å². The van der Waals surface area contributed by atoms with Crippen molar-refractivity contribution < 1.29 is 0 Å². The van der Waals surface area contributed by atoms with Crippen molar-refractivity contribution in [1.29, 1.82) is 0 Å². The summed E-state index contributed by atoms with van der Waals surface area (Å²) >= 11 is 0. The second kappa shape index (κ2) is 13.9. The topological polar surface area (TPSA) is 25.8 Å². The lowest BCUT2D eigenvalue weighted by molar-refractivity contribution is 0.661. The van der Waals surface area contributed by atoms with Crippen molar-refractivity contribution in [2.45, 2.75) is 19.3 Å². The molecule has 1 heterocycles. The van der Waals surface area contributed by atoms with Crippen molar-refractivity contribution in [1.82, 2.24) is 9.97 Å². The van der Waals surface area contributed by atoms with Crippen LogP contribution in [-0.2, 0) is 5.41 Å². The van der Waals surface area contributed by atoms with Crippen molar-refractivity contribution in [3.8, 4) is 78.4 Å².